The number of hydrogen-bond donors (Lipinski definition) is 2. The fourth-order valence-corrected chi connectivity index (χ4v) is 3.11. The Balaban J connectivity index is 1.74. The predicted molar refractivity (Wildman–Crippen MR) is 89.6 cm³/mol. The largest absolute Gasteiger partial charge is 0.354 e. The Bertz CT molecular complexity index is 1180. The van der Waals surface area contributed by atoms with Gasteiger partial charge in [0.15, 0.2) is 0 Å². The van der Waals surface area contributed by atoms with Gasteiger partial charge in [-0.2, -0.15) is 0 Å². The monoisotopic (exact) mass is 300 g/mol. The maximum absolute atomic E-state index is 12.4. The predicted octanol–water partition coefficient (Wildman–Crippen LogP) is 3.69. The van der Waals surface area contributed by atoms with Crippen LogP contribution in [0.3, 0.4) is 0 Å². The highest BCUT2D eigenvalue weighted by atomic mass is 16.2. The van der Waals surface area contributed by atoms with E-state index in [1.807, 2.05) is 18.2 Å². The minimum atomic E-state index is -0.118. The number of fused-ring (bicyclic) bond motifs is 4. The molecular formula is C18H12N4O. The van der Waals surface area contributed by atoms with Gasteiger partial charge in [-0.25, -0.2) is 4.98 Å². The van der Waals surface area contributed by atoms with Gasteiger partial charge in [-0.05, 0) is 24.3 Å². The fraction of sp³-hybridized carbons (Fsp3) is 0. The first-order valence-electron chi connectivity index (χ1n) is 7.35. The van der Waals surface area contributed by atoms with E-state index in [9.17, 15) is 4.79 Å². The van der Waals surface area contributed by atoms with Gasteiger partial charge in [0, 0.05) is 45.1 Å². The van der Waals surface area contributed by atoms with Gasteiger partial charge in [-0.15, -0.1) is 0 Å². The second-order valence-corrected chi connectivity index (χ2v) is 5.61. The Hall–Kier alpha value is -3.34. The smallest absolute Gasteiger partial charge is 0.279 e. The van der Waals surface area contributed by atoms with E-state index in [1.165, 1.54) is 16.3 Å². The number of aromatic nitrogens is 4. The number of para-hydroxylation sites is 1. The molecule has 3 heterocycles. The van der Waals surface area contributed by atoms with Crippen molar-refractivity contribution in [1.82, 2.24) is 19.5 Å². The Kier molecular flexibility index (Phi) is 2.30. The topological polar surface area (TPSA) is 66.5 Å². The molecule has 0 saturated heterocycles. The quantitative estimate of drug-likeness (QED) is 0.496. The lowest BCUT2D eigenvalue weighted by Crippen LogP contribution is -2.09. The molecule has 5 rings (SSSR count). The first kappa shape index (κ1) is 12.2. The summed E-state index contributed by atoms with van der Waals surface area (Å²) in [6.45, 7) is 0. The van der Waals surface area contributed by atoms with Crippen LogP contribution in [0.5, 0.6) is 0 Å². The van der Waals surface area contributed by atoms with E-state index in [2.05, 4.69) is 39.2 Å². The van der Waals surface area contributed by atoms with Crippen molar-refractivity contribution in [3.8, 4) is 0 Å². The van der Waals surface area contributed by atoms with Crippen molar-refractivity contribution in [1.29, 1.82) is 0 Å². The summed E-state index contributed by atoms with van der Waals surface area (Å²) in [7, 11) is 0. The lowest BCUT2D eigenvalue weighted by Gasteiger charge is -1.96. The van der Waals surface area contributed by atoms with Crippen molar-refractivity contribution in [2.24, 2.45) is 0 Å². The molecular weight excluding hydrogens is 288 g/mol. The van der Waals surface area contributed by atoms with Crippen molar-refractivity contribution in [3.63, 3.8) is 0 Å². The van der Waals surface area contributed by atoms with Crippen LogP contribution in [0, 0.1) is 0 Å². The van der Waals surface area contributed by atoms with E-state index < -0.39 is 0 Å². The van der Waals surface area contributed by atoms with Gasteiger partial charge in [0.2, 0.25) is 0 Å². The third-order valence-corrected chi connectivity index (χ3v) is 4.21. The molecule has 5 heteroatoms. The lowest BCUT2D eigenvalue weighted by atomic mass is 10.1. The number of aromatic amines is 2. The highest BCUT2D eigenvalue weighted by Gasteiger charge is 2.13. The van der Waals surface area contributed by atoms with Crippen LogP contribution in [0.15, 0.2) is 61.2 Å². The Morgan fingerprint density at radius 1 is 0.957 bits per heavy atom. The molecule has 0 radical (unpaired) electrons. The van der Waals surface area contributed by atoms with Gasteiger partial charge in [-0.1, -0.05) is 18.2 Å². The van der Waals surface area contributed by atoms with E-state index in [0.29, 0.717) is 5.69 Å². The molecule has 5 aromatic rings. The Morgan fingerprint density at radius 2 is 1.87 bits per heavy atom. The number of benzene rings is 2. The van der Waals surface area contributed by atoms with Gasteiger partial charge in [0.25, 0.3) is 5.91 Å². The van der Waals surface area contributed by atoms with Crippen LogP contribution in [0.2, 0.25) is 0 Å². The molecule has 0 atom stereocenters. The van der Waals surface area contributed by atoms with E-state index in [0.717, 1.165) is 27.3 Å². The number of hydrogen-bond acceptors (Lipinski definition) is 2. The van der Waals surface area contributed by atoms with Gasteiger partial charge < -0.3 is 9.97 Å². The van der Waals surface area contributed by atoms with Gasteiger partial charge in [-0.3, -0.25) is 9.36 Å². The number of carbonyl (C=O) groups excluding carboxylic acids is 1. The fourth-order valence-electron chi connectivity index (χ4n) is 3.11. The standard InChI is InChI=1S/C18H12N4O/c23-18(22-6-5-19-10-22)17-8-11-7-16-13(9-15(11)21-17)12-3-1-2-4-14(12)20-16/h1-10,20-21H. The molecule has 5 nitrogen and oxygen atoms in total. The highest BCUT2D eigenvalue weighted by molar-refractivity contribution is 6.12. The first-order chi connectivity index (χ1) is 11.3. The number of nitrogens with zero attached hydrogens (tertiary/aromatic N) is 2. The number of nitrogens with one attached hydrogen (secondary N) is 2. The summed E-state index contributed by atoms with van der Waals surface area (Å²) >= 11 is 0. The molecule has 0 aliphatic rings. The number of carbonyl (C=O) groups is 1. The van der Waals surface area contributed by atoms with Crippen molar-refractivity contribution in [3.05, 3.63) is 66.9 Å². The van der Waals surface area contributed by atoms with Crippen LogP contribution in [0.25, 0.3) is 32.7 Å². The highest BCUT2D eigenvalue weighted by Crippen LogP contribution is 2.29. The van der Waals surface area contributed by atoms with Crippen molar-refractivity contribution in [2.75, 3.05) is 0 Å². The van der Waals surface area contributed by atoms with Crippen LogP contribution < -0.4 is 0 Å². The van der Waals surface area contributed by atoms with Crippen LogP contribution in [0.1, 0.15) is 10.5 Å². The molecule has 0 aliphatic carbocycles. The summed E-state index contributed by atoms with van der Waals surface area (Å²) in [6, 6.07) is 14.3. The van der Waals surface area contributed by atoms with Crippen LogP contribution in [-0.4, -0.2) is 25.4 Å². The average Bonchev–Trinajstić information content (AvgIpc) is 3.29. The molecule has 0 fully saturated rings. The maximum atomic E-state index is 12.4. The summed E-state index contributed by atoms with van der Waals surface area (Å²) in [5.41, 5.74) is 3.69. The zero-order valence-corrected chi connectivity index (χ0v) is 12.1. The van der Waals surface area contributed by atoms with E-state index in [4.69, 9.17) is 0 Å². The lowest BCUT2D eigenvalue weighted by molar-refractivity contribution is 0.0955. The van der Waals surface area contributed by atoms with Gasteiger partial charge in [0.05, 0.1) is 0 Å². The molecule has 0 aliphatic heterocycles. The van der Waals surface area contributed by atoms with Gasteiger partial charge >= 0.3 is 0 Å². The van der Waals surface area contributed by atoms with Crippen LogP contribution in [0.4, 0.5) is 0 Å². The zero-order valence-electron chi connectivity index (χ0n) is 12.1. The summed E-state index contributed by atoms with van der Waals surface area (Å²) in [5.74, 6) is -0.118. The normalized spacial score (nSPS) is 11.7. The molecule has 2 N–H and O–H groups in total. The minimum Gasteiger partial charge on any atom is -0.354 e. The second-order valence-electron chi connectivity index (χ2n) is 5.61. The summed E-state index contributed by atoms with van der Waals surface area (Å²) in [4.78, 5) is 23.0. The van der Waals surface area contributed by atoms with E-state index in [-0.39, 0.29) is 5.91 Å². The number of imidazole rings is 1. The maximum Gasteiger partial charge on any atom is 0.279 e. The van der Waals surface area contributed by atoms with Crippen molar-refractivity contribution in [2.45, 2.75) is 0 Å². The summed E-state index contributed by atoms with van der Waals surface area (Å²) in [6.07, 6.45) is 4.74. The van der Waals surface area contributed by atoms with Crippen molar-refractivity contribution < 1.29 is 4.79 Å². The zero-order chi connectivity index (χ0) is 15.4. The molecule has 2 aromatic carbocycles. The van der Waals surface area contributed by atoms with E-state index >= 15 is 0 Å². The first-order valence-corrected chi connectivity index (χ1v) is 7.35. The average molecular weight is 300 g/mol. The molecule has 0 amide bonds. The van der Waals surface area contributed by atoms with Gasteiger partial charge in [0.1, 0.15) is 12.0 Å². The van der Waals surface area contributed by atoms with Crippen LogP contribution in [-0.2, 0) is 0 Å². The van der Waals surface area contributed by atoms with Crippen molar-refractivity contribution >= 4 is 38.6 Å². The SMILES string of the molecule is O=C(c1cc2cc3[nH]c4ccccc4c3cc2[nH]1)n1ccnc1. The Labute approximate surface area is 130 Å². The molecule has 0 bridgehead atoms. The molecule has 110 valence electrons. The number of H-pyrrole nitrogens is 2. The summed E-state index contributed by atoms with van der Waals surface area (Å²) in [5, 5.41) is 3.34. The Morgan fingerprint density at radius 3 is 2.74 bits per heavy atom. The molecule has 3 aromatic heterocycles. The molecule has 0 saturated carbocycles. The second kappa shape index (κ2) is 4.33. The third-order valence-electron chi connectivity index (χ3n) is 4.21. The van der Waals surface area contributed by atoms with Crippen LogP contribution >= 0.6 is 0 Å². The third kappa shape index (κ3) is 1.73. The summed E-state index contributed by atoms with van der Waals surface area (Å²) < 4.78 is 1.46. The molecule has 23 heavy (non-hydrogen) atoms. The minimum absolute atomic E-state index is 0.118. The number of rotatable bonds is 1. The molecule has 0 unspecified atom stereocenters. The van der Waals surface area contributed by atoms with E-state index in [1.54, 1.807) is 12.4 Å². The molecule has 0 spiro atoms.